The molecular weight excluding hydrogens is 374 g/mol. The second-order valence-electron chi connectivity index (χ2n) is 5.07. The van der Waals surface area contributed by atoms with Gasteiger partial charge in [0.05, 0.1) is 18.1 Å². The molecule has 5 nitrogen and oxygen atoms in total. The zero-order chi connectivity index (χ0) is 17.4. The van der Waals surface area contributed by atoms with Crippen molar-refractivity contribution < 1.29 is 19.0 Å². The van der Waals surface area contributed by atoms with Crippen LogP contribution in [0, 0.1) is 6.92 Å². The topological polar surface area (TPSA) is 56.8 Å². The van der Waals surface area contributed by atoms with Crippen LogP contribution in [0.3, 0.4) is 0 Å². The third kappa shape index (κ3) is 5.45. The Morgan fingerprint density at radius 3 is 2.54 bits per heavy atom. The molecule has 1 amide bonds. The van der Waals surface area contributed by atoms with Crippen LogP contribution in [0.5, 0.6) is 17.2 Å². The average molecular weight is 394 g/mol. The monoisotopic (exact) mass is 393 g/mol. The Balaban J connectivity index is 1.70. The zero-order valence-corrected chi connectivity index (χ0v) is 15.3. The Bertz CT molecular complexity index is 690. The summed E-state index contributed by atoms with van der Waals surface area (Å²) >= 11 is 3.41. The van der Waals surface area contributed by atoms with E-state index in [4.69, 9.17) is 14.2 Å². The first kappa shape index (κ1) is 18.1. The van der Waals surface area contributed by atoms with Gasteiger partial charge in [-0.25, -0.2) is 0 Å². The van der Waals surface area contributed by atoms with E-state index in [1.807, 2.05) is 49.4 Å². The fraction of sp³-hybridized carbons (Fsp3) is 0.278. The second kappa shape index (κ2) is 9.17. The molecule has 2 rings (SSSR count). The standard InChI is InChI=1S/C18H20BrNO4/c1-13-7-8-15(14(19)11-13)24-12-18(21)20-9-10-23-17-6-4-3-5-16(17)22-2/h3-8,11H,9-10,12H2,1-2H3,(H,20,21). The largest absolute Gasteiger partial charge is 0.493 e. The first-order chi connectivity index (χ1) is 11.6. The van der Waals surface area contributed by atoms with Gasteiger partial charge in [-0.15, -0.1) is 0 Å². The highest BCUT2D eigenvalue weighted by Crippen LogP contribution is 2.26. The summed E-state index contributed by atoms with van der Waals surface area (Å²) in [7, 11) is 1.59. The number of amides is 1. The third-order valence-corrected chi connectivity index (χ3v) is 3.82. The van der Waals surface area contributed by atoms with Gasteiger partial charge in [-0.2, -0.15) is 0 Å². The lowest BCUT2D eigenvalue weighted by Gasteiger charge is -2.11. The molecule has 0 aliphatic heterocycles. The molecule has 128 valence electrons. The molecule has 0 saturated carbocycles. The minimum absolute atomic E-state index is 0.0453. The maximum Gasteiger partial charge on any atom is 0.258 e. The Morgan fingerprint density at radius 2 is 1.83 bits per heavy atom. The van der Waals surface area contributed by atoms with Crippen molar-refractivity contribution >= 4 is 21.8 Å². The highest BCUT2D eigenvalue weighted by atomic mass is 79.9. The Hall–Kier alpha value is -2.21. The van der Waals surface area contributed by atoms with Gasteiger partial charge in [-0.05, 0) is 52.7 Å². The molecule has 0 fully saturated rings. The fourth-order valence-electron chi connectivity index (χ4n) is 2.01. The van der Waals surface area contributed by atoms with E-state index in [0.717, 1.165) is 10.0 Å². The van der Waals surface area contributed by atoms with Crippen molar-refractivity contribution in [1.82, 2.24) is 5.32 Å². The van der Waals surface area contributed by atoms with E-state index in [2.05, 4.69) is 21.2 Å². The molecule has 2 aromatic carbocycles. The summed E-state index contributed by atoms with van der Waals surface area (Å²) in [6.07, 6.45) is 0. The van der Waals surface area contributed by atoms with Gasteiger partial charge >= 0.3 is 0 Å². The number of ether oxygens (including phenoxy) is 3. The number of nitrogens with one attached hydrogen (secondary N) is 1. The smallest absolute Gasteiger partial charge is 0.258 e. The first-order valence-electron chi connectivity index (χ1n) is 7.51. The summed E-state index contributed by atoms with van der Waals surface area (Å²) in [5.41, 5.74) is 1.12. The van der Waals surface area contributed by atoms with Gasteiger partial charge in [0.1, 0.15) is 12.4 Å². The molecule has 0 aliphatic carbocycles. The SMILES string of the molecule is COc1ccccc1OCCNC(=O)COc1ccc(C)cc1Br. The molecule has 1 N–H and O–H groups in total. The Kier molecular flexibility index (Phi) is 6.93. The van der Waals surface area contributed by atoms with Crippen LogP contribution in [0.2, 0.25) is 0 Å². The molecule has 0 radical (unpaired) electrons. The molecule has 0 saturated heterocycles. The lowest BCUT2D eigenvalue weighted by molar-refractivity contribution is -0.123. The van der Waals surface area contributed by atoms with Crippen LogP contribution >= 0.6 is 15.9 Å². The first-order valence-corrected chi connectivity index (χ1v) is 8.31. The maximum atomic E-state index is 11.8. The quantitative estimate of drug-likeness (QED) is 0.698. The van der Waals surface area contributed by atoms with Crippen LogP contribution in [0.1, 0.15) is 5.56 Å². The Morgan fingerprint density at radius 1 is 1.08 bits per heavy atom. The van der Waals surface area contributed by atoms with Gasteiger partial charge in [0, 0.05) is 0 Å². The number of aryl methyl sites for hydroxylation is 1. The summed E-state index contributed by atoms with van der Waals surface area (Å²) in [6, 6.07) is 13.1. The lowest BCUT2D eigenvalue weighted by Crippen LogP contribution is -2.32. The average Bonchev–Trinajstić information content (AvgIpc) is 2.58. The number of benzene rings is 2. The van der Waals surface area contributed by atoms with Crippen LogP contribution < -0.4 is 19.5 Å². The molecule has 24 heavy (non-hydrogen) atoms. The van der Waals surface area contributed by atoms with Crippen LogP contribution in [0.15, 0.2) is 46.9 Å². The number of hydrogen-bond acceptors (Lipinski definition) is 4. The van der Waals surface area contributed by atoms with Crippen LogP contribution in [-0.4, -0.2) is 32.8 Å². The second-order valence-corrected chi connectivity index (χ2v) is 5.93. The summed E-state index contributed by atoms with van der Waals surface area (Å²) in [6.45, 7) is 2.68. The van der Waals surface area contributed by atoms with E-state index >= 15 is 0 Å². The van der Waals surface area contributed by atoms with Gasteiger partial charge < -0.3 is 19.5 Å². The van der Waals surface area contributed by atoms with Gasteiger partial charge in [0.2, 0.25) is 0 Å². The van der Waals surface area contributed by atoms with Crippen LogP contribution in [0.4, 0.5) is 0 Å². The molecule has 0 heterocycles. The van der Waals surface area contributed by atoms with Gasteiger partial charge in [-0.3, -0.25) is 4.79 Å². The highest BCUT2D eigenvalue weighted by Gasteiger charge is 2.06. The van der Waals surface area contributed by atoms with Crippen molar-refractivity contribution in [3.63, 3.8) is 0 Å². The van der Waals surface area contributed by atoms with E-state index in [0.29, 0.717) is 30.4 Å². The lowest BCUT2D eigenvalue weighted by atomic mass is 10.2. The molecule has 0 bridgehead atoms. The number of para-hydroxylation sites is 2. The molecule has 0 atom stereocenters. The van der Waals surface area contributed by atoms with E-state index in [1.54, 1.807) is 7.11 Å². The van der Waals surface area contributed by atoms with Crippen LogP contribution in [-0.2, 0) is 4.79 Å². The zero-order valence-electron chi connectivity index (χ0n) is 13.7. The minimum atomic E-state index is -0.203. The number of rotatable bonds is 8. The summed E-state index contributed by atoms with van der Waals surface area (Å²) in [4.78, 5) is 11.8. The molecule has 0 spiro atoms. The maximum absolute atomic E-state index is 11.8. The van der Waals surface area contributed by atoms with Gasteiger partial charge in [0.25, 0.3) is 5.91 Å². The van der Waals surface area contributed by atoms with Crippen molar-refractivity contribution in [2.24, 2.45) is 0 Å². The van der Waals surface area contributed by atoms with Crippen molar-refractivity contribution in [3.8, 4) is 17.2 Å². The number of halogens is 1. The third-order valence-electron chi connectivity index (χ3n) is 3.20. The molecule has 0 unspecified atom stereocenters. The summed E-state index contributed by atoms with van der Waals surface area (Å²) in [5.74, 6) is 1.75. The molecule has 6 heteroatoms. The minimum Gasteiger partial charge on any atom is -0.493 e. The van der Waals surface area contributed by atoms with Crippen molar-refractivity contribution in [2.45, 2.75) is 6.92 Å². The number of methoxy groups -OCH3 is 1. The summed E-state index contributed by atoms with van der Waals surface area (Å²) in [5, 5.41) is 2.75. The highest BCUT2D eigenvalue weighted by molar-refractivity contribution is 9.10. The summed E-state index contributed by atoms with van der Waals surface area (Å²) < 4.78 is 17.1. The normalized spacial score (nSPS) is 10.1. The van der Waals surface area contributed by atoms with Gasteiger partial charge in [0.15, 0.2) is 18.1 Å². The number of carbonyl (C=O) groups excluding carboxylic acids is 1. The van der Waals surface area contributed by atoms with Gasteiger partial charge in [-0.1, -0.05) is 18.2 Å². The van der Waals surface area contributed by atoms with E-state index in [1.165, 1.54) is 0 Å². The number of carbonyl (C=O) groups is 1. The van der Waals surface area contributed by atoms with Crippen molar-refractivity contribution in [2.75, 3.05) is 26.9 Å². The predicted octanol–water partition coefficient (Wildman–Crippen LogP) is 3.34. The molecule has 0 aliphatic rings. The van der Waals surface area contributed by atoms with E-state index in [-0.39, 0.29) is 12.5 Å². The Labute approximate surface area is 150 Å². The van der Waals surface area contributed by atoms with Crippen LogP contribution in [0.25, 0.3) is 0 Å². The van der Waals surface area contributed by atoms with E-state index < -0.39 is 0 Å². The number of hydrogen-bond donors (Lipinski definition) is 1. The molecule has 0 aromatic heterocycles. The molecular formula is C18H20BrNO4. The molecule has 2 aromatic rings. The van der Waals surface area contributed by atoms with E-state index in [9.17, 15) is 4.79 Å². The predicted molar refractivity (Wildman–Crippen MR) is 95.9 cm³/mol. The van der Waals surface area contributed by atoms with Crippen molar-refractivity contribution in [3.05, 3.63) is 52.5 Å². The fourth-order valence-corrected chi connectivity index (χ4v) is 2.61. The van der Waals surface area contributed by atoms with Crippen molar-refractivity contribution in [1.29, 1.82) is 0 Å².